The molecule has 2 amide bonds. The smallest absolute Gasteiger partial charge is 0.264 e. The molecule has 0 aromatic heterocycles. The quantitative estimate of drug-likeness (QED) is 0.250. The Balaban J connectivity index is 2.05. The van der Waals surface area contributed by atoms with Crippen LogP contribution in [0, 0.1) is 6.92 Å². The summed E-state index contributed by atoms with van der Waals surface area (Å²) in [7, 11) is -1.35. The van der Waals surface area contributed by atoms with Crippen LogP contribution in [0.25, 0.3) is 0 Å². The fraction of sp³-hybridized carbons (Fsp3) is 0.375. The molecule has 0 saturated heterocycles. The van der Waals surface area contributed by atoms with E-state index in [1.807, 2.05) is 45.0 Å². The third-order valence-corrected chi connectivity index (χ3v) is 8.69. The van der Waals surface area contributed by atoms with Gasteiger partial charge in [0.2, 0.25) is 11.8 Å². The highest BCUT2D eigenvalue weighted by atomic mass is 32.2. The normalized spacial score (nSPS) is 11.8. The van der Waals surface area contributed by atoms with E-state index in [0.717, 1.165) is 28.3 Å². The maximum Gasteiger partial charge on any atom is 0.264 e. The average Bonchev–Trinajstić information content (AvgIpc) is 2.99. The number of methoxy groups -OCH3 is 2. The van der Waals surface area contributed by atoms with Crippen LogP contribution < -0.4 is 19.1 Å². The molecule has 0 unspecified atom stereocenters. The predicted molar refractivity (Wildman–Crippen MR) is 164 cm³/mol. The van der Waals surface area contributed by atoms with Gasteiger partial charge in [0.05, 0.1) is 24.8 Å². The van der Waals surface area contributed by atoms with Gasteiger partial charge >= 0.3 is 0 Å². The molecule has 0 aliphatic heterocycles. The number of unbranched alkanes of at least 4 members (excludes halogenated alkanes) is 1. The SMILES string of the molecule is CCCCNC(=O)[C@H](CC)N(Cc1cccc(C)c1)C(=O)CN(c1ccccc1)S(=O)(=O)c1ccc(OC)c(OC)c1. The molecular formula is C32H41N3O6S. The minimum absolute atomic E-state index is 0.0635. The Bertz CT molecular complexity index is 1450. The maximum atomic E-state index is 14.1. The zero-order valence-electron chi connectivity index (χ0n) is 25.0. The lowest BCUT2D eigenvalue weighted by Gasteiger charge is -2.33. The van der Waals surface area contributed by atoms with Crippen LogP contribution in [0.15, 0.2) is 77.7 Å². The molecule has 0 aliphatic carbocycles. The van der Waals surface area contributed by atoms with Crippen molar-refractivity contribution in [3.05, 3.63) is 83.9 Å². The van der Waals surface area contributed by atoms with E-state index in [4.69, 9.17) is 9.47 Å². The lowest BCUT2D eigenvalue weighted by molar-refractivity contribution is -0.140. The highest BCUT2D eigenvalue weighted by molar-refractivity contribution is 7.92. The van der Waals surface area contributed by atoms with Crippen molar-refractivity contribution in [3.63, 3.8) is 0 Å². The summed E-state index contributed by atoms with van der Waals surface area (Å²) in [5, 5.41) is 2.94. The van der Waals surface area contributed by atoms with E-state index >= 15 is 0 Å². The summed E-state index contributed by atoms with van der Waals surface area (Å²) >= 11 is 0. The number of anilines is 1. The largest absolute Gasteiger partial charge is 0.493 e. The number of benzene rings is 3. The van der Waals surface area contributed by atoms with Gasteiger partial charge in [0.25, 0.3) is 10.0 Å². The van der Waals surface area contributed by atoms with E-state index < -0.39 is 28.5 Å². The summed E-state index contributed by atoms with van der Waals surface area (Å²) in [6.45, 7) is 5.98. The van der Waals surface area contributed by atoms with E-state index in [1.165, 1.54) is 37.3 Å². The van der Waals surface area contributed by atoms with Gasteiger partial charge in [0, 0.05) is 19.2 Å². The number of hydrogen-bond donors (Lipinski definition) is 1. The predicted octanol–water partition coefficient (Wildman–Crippen LogP) is 4.93. The van der Waals surface area contributed by atoms with Crippen LogP contribution >= 0.6 is 0 Å². The minimum atomic E-state index is -4.24. The fourth-order valence-corrected chi connectivity index (χ4v) is 6.09. The molecule has 1 N–H and O–H groups in total. The van der Waals surface area contributed by atoms with Crippen molar-refractivity contribution in [2.24, 2.45) is 0 Å². The zero-order chi connectivity index (χ0) is 30.7. The number of amides is 2. The first-order chi connectivity index (χ1) is 20.2. The van der Waals surface area contributed by atoms with Crippen molar-refractivity contribution >= 4 is 27.5 Å². The topological polar surface area (TPSA) is 105 Å². The van der Waals surface area contributed by atoms with E-state index in [-0.39, 0.29) is 23.1 Å². The van der Waals surface area contributed by atoms with Crippen molar-refractivity contribution in [3.8, 4) is 11.5 Å². The van der Waals surface area contributed by atoms with Crippen LogP contribution in [0.5, 0.6) is 11.5 Å². The fourth-order valence-electron chi connectivity index (χ4n) is 4.66. The standard InChI is InChI=1S/C32H41N3O6S/c1-6-8-19-33-32(37)28(7-2)34(22-25-14-12-13-24(3)20-25)31(36)23-35(26-15-10-9-11-16-26)42(38,39)27-17-18-29(40-4)30(21-27)41-5/h9-18,20-21,28H,6-8,19,22-23H2,1-5H3,(H,33,37)/t28-/m0/s1. The van der Waals surface area contributed by atoms with E-state index in [9.17, 15) is 18.0 Å². The average molecular weight is 596 g/mol. The van der Waals surface area contributed by atoms with Gasteiger partial charge < -0.3 is 19.7 Å². The van der Waals surface area contributed by atoms with Gasteiger partial charge in [0.15, 0.2) is 11.5 Å². The third-order valence-electron chi connectivity index (χ3n) is 6.92. The van der Waals surface area contributed by atoms with E-state index in [0.29, 0.717) is 24.4 Å². The van der Waals surface area contributed by atoms with Gasteiger partial charge in [0.1, 0.15) is 12.6 Å². The molecule has 3 rings (SSSR count). The molecule has 0 radical (unpaired) electrons. The Morgan fingerprint density at radius 3 is 2.24 bits per heavy atom. The van der Waals surface area contributed by atoms with Crippen LogP contribution in [-0.4, -0.2) is 58.5 Å². The number of para-hydroxylation sites is 1. The molecule has 3 aromatic carbocycles. The second-order valence-electron chi connectivity index (χ2n) is 9.94. The second kappa shape index (κ2) is 15.3. The maximum absolute atomic E-state index is 14.1. The number of rotatable bonds is 15. The molecule has 1 atom stereocenters. The first-order valence-corrected chi connectivity index (χ1v) is 15.5. The summed E-state index contributed by atoms with van der Waals surface area (Å²) in [4.78, 5) is 28.9. The molecule has 0 aliphatic rings. The second-order valence-corrected chi connectivity index (χ2v) is 11.8. The van der Waals surface area contributed by atoms with Crippen molar-refractivity contribution in [2.45, 2.75) is 57.5 Å². The van der Waals surface area contributed by atoms with Crippen LogP contribution in [0.1, 0.15) is 44.2 Å². The Morgan fingerprint density at radius 2 is 1.62 bits per heavy atom. The van der Waals surface area contributed by atoms with Gasteiger partial charge in [-0.05, 0) is 49.6 Å². The molecule has 0 bridgehead atoms. The van der Waals surface area contributed by atoms with Crippen LogP contribution in [0.4, 0.5) is 5.69 Å². The minimum Gasteiger partial charge on any atom is -0.493 e. The lowest BCUT2D eigenvalue weighted by Crippen LogP contribution is -2.52. The Labute approximate surface area is 249 Å². The van der Waals surface area contributed by atoms with Crippen LogP contribution in [0.3, 0.4) is 0 Å². The molecule has 0 fully saturated rings. The molecule has 0 heterocycles. The number of ether oxygens (including phenoxy) is 2. The number of nitrogens with zero attached hydrogens (tertiary/aromatic N) is 2. The number of carbonyl (C=O) groups excluding carboxylic acids is 2. The Hall–Kier alpha value is -4.05. The summed E-state index contributed by atoms with van der Waals surface area (Å²) in [6.07, 6.45) is 2.10. The van der Waals surface area contributed by atoms with E-state index in [2.05, 4.69) is 5.32 Å². The van der Waals surface area contributed by atoms with Gasteiger partial charge in [-0.25, -0.2) is 8.42 Å². The van der Waals surface area contributed by atoms with Crippen LogP contribution in [-0.2, 0) is 26.2 Å². The number of sulfonamides is 1. The van der Waals surface area contributed by atoms with Crippen molar-refractivity contribution in [1.82, 2.24) is 10.2 Å². The number of hydrogen-bond acceptors (Lipinski definition) is 6. The van der Waals surface area contributed by atoms with Gasteiger partial charge in [-0.3, -0.25) is 13.9 Å². The van der Waals surface area contributed by atoms with Crippen molar-refractivity contribution < 1.29 is 27.5 Å². The van der Waals surface area contributed by atoms with Gasteiger partial charge in [-0.1, -0.05) is 68.3 Å². The van der Waals surface area contributed by atoms with Crippen molar-refractivity contribution in [1.29, 1.82) is 0 Å². The molecule has 0 saturated carbocycles. The molecule has 3 aromatic rings. The summed E-state index contributed by atoms with van der Waals surface area (Å²) in [5.41, 5.74) is 2.18. The van der Waals surface area contributed by atoms with Crippen molar-refractivity contribution in [2.75, 3.05) is 31.6 Å². The third kappa shape index (κ3) is 8.03. The zero-order valence-corrected chi connectivity index (χ0v) is 25.8. The molecular weight excluding hydrogens is 554 g/mol. The first kappa shape index (κ1) is 32.5. The summed E-state index contributed by atoms with van der Waals surface area (Å²) in [6, 6.07) is 19.7. The summed E-state index contributed by atoms with van der Waals surface area (Å²) in [5.74, 6) is -0.139. The number of aryl methyl sites for hydroxylation is 1. The monoisotopic (exact) mass is 595 g/mol. The van der Waals surface area contributed by atoms with Gasteiger partial charge in [-0.2, -0.15) is 0 Å². The molecule has 9 nitrogen and oxygen atoms in total. The lowest BCUT2D eigenvalue weighted by atomic mass is 10.1. The summed E-state index contributed by atoms with van der Waals surface area (Å²) < 4.78 is 39.9. The highest BCUT2D eigenvalue weighted by Gasteiger charge is 2.34. The number of carbonyl (C=O) groups is 2. The van der Waals surface area contributed by atoms with Crippen LogP contribution in [0.2, 0.25) is 0 Å². The molecule has 10 heteroatoms. The Morgan fingerprint density at radius 1 is 0.905 bits per heavy atom. The molecule has 42 heavy (non-hydrogen) atoms. The number of nitrogens with one attached hydrogen (secondary N) is 1. The molecule has 0 spiro atoms. The highest BCUT2D eigenvalue weighted by Crippen LogP contribution is 2.32. The van der Waals surface area contributed by atoms with E-state index in [1.54, 1.807) is 30.3 Å². The Kier molecular flexibility index (Phi) is 11.8. The molecule has 226 valence electrons. The first-order valence-electron chi connectivity index (χ1n) is 14.1. The van der Waals surface area contributed by atoms with Gasteiger partial charge in [-0.15, -0.1) is 0 Å².